The molecular weight excluding hydrogens is 216 g/mol. The van der Waals surface area contributed by atoms with Crippen molar-refractivity contribution in [1.82, 2.24) is 0 Å². The van der Waals surface area contributed by atoms with Crippen LogP contribution in [0.3, 0.4) is 0 Å². The van der Waals surface area contributed by atoms with E-state index in [0.29, 0.717) is 0 Å². The fourth-order valence-corrected chi connectivity index (χ4v) is 1.98. The summed E-state index contributed by atoms with van der Waals surface area (Å²) in [7, 11) is 0. The number of hydrogen-bond donors (Lipinski definition) is 1. The lowest BCUT2D eigenvalue weighted by Crippen LogP contribution is -2.21. The van der Waals surface area contributed by atoms with E-state index in [-0.39, 0.29) is 0 Å². The van der Waals surface area contributed by atoms with Crippen LogP contribution in [-0.2, 0) is 0 Å². The van der Waals surface area contributed by atoms with Gasteiger partial charge in [-0.2, -0.15) is 11.8 Å². The molecule has 0 amide bonds. The number of rotatable bonds is 7. The van der Waals surface area contributed by atoms with Gasteiger partial charge in [0.15, 0.2) is 0 Å². The molecule has 1 aromatic rings. The van der Waals surface area contributed by atoms with Crippen molar-refractivity contribution in [2.24, 2.45) is 0 Å². The molecule has 0 atom stereocenters. The second kappa shape index (κ2) is 7.44. The lowest BCUT2D eigenvalue weighted by molar-refractivity contribution is 0.866. The molecule has 0 aliphatic carbocycles. The highest BCUT2D eigenvalue weighted by Gasteiger charge is 2.00. The summed E-state index contributed by atoms with van der Waals surface area (Å²) in [6.45, 7) is 7.54. The minimum atomic E-state index is 1.03. The van der Waals surface area contributed by atoms with Gasteiger partial charge in [-0.1, -0.05) is 0 Å². The topological polar surface area (TPSA) is 15.3 Å². The van der Waals surface area contributed by atoms with Gasteiger partial charge in [0.05, 0.1) is 0 Å². The Morgan fingerprint density at radius 1 is 1.12 bits per heavy atom. The van der Waals surface area contributed by atoms with Crippen LogP contribution >= 0.6 is 11.8 Å². The van der Waals surface area contributed by atoms with Gasteiger partial charge in [0, 0.05) is 36.8 Å². The van der Waals surface area contributed by atoms with Gasteiger partial charge in [-0.15, -0.1) is 0 Å². The highest BCUT2D eigenvalue weighted by atomic mass is 32.2. The van der Waals surface area contributed by atoms with Crippen molar-refractivity contribution in [3.8, 4) is 0 Å². The van der Waals surface area contributed by atoms with Gasteiger partial charge in [0.25, 0.3) is 0 Å². The SMILES string of the molecule is CCN(CC)c1ccc(NCCSC)cc1. The van der Waals surface area contributed by atoms with Gasteiger partial charge in [0.2, 0.25) is 0 Å². The molecule has 0 radical (unpaired) electrons. The van der Waals surface area contributed by atoms with Crippen LogP contribution in [-0.4, -0.2) is 31.6 Å². The maximum atomic E-state index is 3.41. The van der Waals surface area contributed by atoms with E-state index in [0.717, 1.165) is 25.4 Å². The Labute approximate surface area is 103 Å². The molecule has 1 rings (SSSR count). The predicted molar refractivity (Wildman–Crippen MR) is 76.9 cm³/mol. The molecule has 0 saturated heterocycles. The predicted octanol–water partition coefficient (Wildman–Crippen LogP) is 3.31. The van der Waals surface area contributed by atoms with Gasteiger partial charge in [-0.05, 0) is 44.4 Å². The van der Waals surface area contributed by atoms with Crippen molar-refractivity contribution in [3.63, 3.8) is 0 Å². The highest BCUT2D eigenvalue weighted by Crippen LogP contribution is 2.17. The van der Waals surface area contributed by atoms with Crippen molar-refractivity contribution >= 4 is 23.1 Å². The third kappa shape index (κ3) is 3.97. The van der Waals surface area contributed by atoms with E-state index in [1.807, 2.05) is 11.8 Å². The second-order valence-corrected chi connectivity index (χ2v) is 4.62. The molecule has 0 fully saturated rings. The third-order valence-electron chi connectivity index (χ3n) is 2.63. The van der Waals surface area contributed by atoms with Crippen molar-refractivity contribution in [3.05, 3.63) is 24.3 Å². The standard InChI is InChI=1S/C13H22N2S/c1-4-15(5-2)13-8-6-12(7-9-13)14-10-11-16-3/h6-9,14H,4-5,10-11H2,1-3H3. The monoisotopic (exact) mass is 238 g/mol. The lowest BCUT2D eigenvalue weighted by atomic mass is 10.2. The van der Waals surface area contributed by atoms with Gasteiger partial charge in [0.1, 0.15) is 0 Å². The van der Waals surface area contributed by atoms with Gasteiger partial charge in [-0.25, -0.2) is 0 Å². The van der Waals surface area contributed by atoms with Crippen LogP contribution in [0.4, 0.5) is 11.4 Å². The zero-order chi connectivity index (χ0) is 11.8. The Hall–Kier alpha value is -0.830. The van der Waals surface area contributed by atoms with Gasteiger partial charge >= 0.3 is 0 Å². The Balaban J connectivity index is 2.53. The molecule has 0 bridgehead atoms. The summed E-state index contributed by atoms with van der Waals surface area (Å²) < 4.78 is 0. The molecule has 16 heavy (non-hydrogen) atoms. The van der Waals surface area contributed by atoms with Gasteiger partial charge < -0.3 is 10.2 Å². The molecule has 0 saturated carbocycles. The molecule has 0 aliphatic heterocycles. The molecule has 3 heteroatoms. The number of hydrogen-bond acceptors (Lipinski definition) is 3. The minimum Gasteiger partial charge on any atom is -0.384 e. The Bertz CT molecular complexity index is 280. The van der Waals surface area contributed by atoms with E-state index in [2.05, 4.69) is 54.6 Å². The summed E-state index contributed by atoms with van der Waals surface area (Å²) in [6, 6.07) is 8.70. The number of nitrogens with zero attached hydrogens (tertiary/aromatic N) is 1. The molecule has 1 aromatic carbocycles. The first-order valence-corrected chi connectivity index (χ1v) is 7.29. The molecule has 0 aliphatic rings. The first-order valence-electron chi connectivity index (χ1n) is 5.89. The Morgan fingerprint density at radius 3 is 2.25 bits per heavy atom. The van der Waals surface area contributed by atoms with Gasteiger partial charge in [-0.3, -0.25) is 0 Å². The molecule has 0 unspecified atom stereocenters. The zero-order valence-electron chi connectivity index (χ0n) is 10.5. The van der Waals surface area contributed by atoms with Crippen LogP contribution in [0.5, 0.6) is 0 Å². The van der Waals surface area contributed by atoms with E-state index in [1.54, 1.807) is 0 Å². The van der Waals surface area contributed by atoms with E-state index in [1.165, 1.54) is 11.4 Å². The average Bonchev–Trinajstić information content (AvgIpc) is 2.33. The van der Waals surface area contributed by atoms with Crippen LogP contribution in [0.1, 0.15) is 13.8 Å². The largest absolute Gasteiger partial charge is 0.384 e. The van der Waals surface area contributed by atoms with E-state index >= 15 is 0 Å². The maximum absolute atomic E-state index is 3.41. The van der Waals surface area contributed by atoms with E-state index in [9.17, 15) is 0 Å². The first kappa shape index (κ1) is 13.2. The molecule has 1 N–H and O–H groups in total. The van der Waals surface area contributed by atoms with Crippen molar-refractivity contribution < 1.29 is 0 Å². The van der Waals surface area contributed by atoms with Crippen LogP contribution < -0.4 is 10.2 Å². The quantitative estimate of drug-likeness (QED) is 0.734. The van der Waals surface area contributed by atoms with Crippen molar-refractivity contribution in [2.45, 2.75) is 13.8 Å². The maximum Gasteiger partial charge on any atom is 0.0367 e. The minimum absolute atomic E-state index is 1.03. The summed E-state index contributed by atoms with van der Waals surface area (Å²) in [6.07, 6.45) is 2.13. The highest BCUT2D eigenvalue weighted by molar-refractivity contribution is 7.98. The van der Waals surface area contributed by atoms with Crippen molar-refractivity contribution in [1.29, 1.82) is 0 Å². The van der Waals surface area contributed by atoms with Crippen LogP contribution in [0.2, 0.25) is 0 Å². The third-order valence-corrected chi connectivity index (χ3v) is 3.24. The molecule has 0 spiro atoms. The number of benzene rings is 1. The zero-order valence-corrected chi connectivity index (χ0v) is 11.3. The fraction of sp³-hybridized carbons (Fsp3) is 0.538. The van der Waals surface area contributed by atoms with Crippen LogP contribution in [0.25, 0.3) is 0 Å². The number of nitrogens with one attached hydrogen (secondary N) is 1. The lowest BCUT2D eigenvalue weighted by Gasteiger charge is -2.21. The summed E-state index contributed by atoms with van der Waals surface area (Å²) in [5.74, 6) is 1.15. The van der Waals surface area contributed by atoms with E-state index < -0.39 is 0 Å². The summed E-state index contributed by atoms with van der Waals surface area (Å²) in [4.78, 5) is 2.35. The molecule has 2 nitrogen and oxygen atoms in total. The first-order chi connectivity index (χ1) is 7.81. The van der Waals surface area contributed by atoms with Crippen LogP contribution in [0.15, 0.2) is 24.3 Å². The molecule has 0 aromatic heterocycles. The Morgan fingerprint density at radius 2 is 1.75 bits per heavy atom. The molecule has 90 valence electrons. The average molecular weight is 238 g/mol. The van der Waals surface area contributed by atoms with E-state index in [4.69, 9.17) is 0 Å². The smallest absolute Gasteiger partial charge is 0.0367 e. The Kier molecular flexibility index (Phi) is 6.16. The number of thioether (sulfide) groups is 1. The van der Waals surface area contributed by atoms with Crippen LogP contribution in [0, 0.1) is 0 Å². The second-order valence-electron chi connectivity index (χ2n) is 3.64. The van der Waals surface area contributed by atoms with Crippen molar-refractivity contribution in [2.75, 3.05) is 41.9 Å². The summed E-state index contributed by atoms with van der Waals surface area (Å²) in [5.41, 5.74) is 2.52. The summed E-state index contributed by atoms with van der Waals surface area (Å²) >= 11 is 1.87. The molecular formula is C13H22N2S. The molecule has 0 heterocycles. The number of anilines is 2. The fourth-order valence-electron chi connectivity index (χ4n) is 1.68. The normalized spacial score (nSPS) is 10.2. The summed E-state index contributed by atoms with van der Waals surface area (Å²) in [5, 5.41) is 3.41.